The van der Waals surface area contributed by atoms with Crippen molar-refractivity contribution in [3.05, 3.63) is 29.0 Å². The van der Waals surface area contributed by atoms with E-state index >= 15 is 0 Å². The van der Waals surface area contributed by atoms with E-state index in [4.69, 9.17) is 16.3 Å². The molecule has 3 heteroatoms. The highest BCUT2D eigenvalue weighted by Gasteiger charge is 2.17. The van der Waals surface area contributed by atoms with Crippen LogP contribution in [-0.2, 0) is 0 Å². The molecular formula is C11H12ClFO. The first-order valence-electron chi connectivity index (χ1n) is 4.87. The topological polar surface area (TPSA) is 9.23 Å². The lowest BCUT2D eigenvalue weighted by molar-refractivity contribution is 0.201. The van der Waals surface area contributed by atoms with Gasteiger partial charge < -0.3 is 4.74 Å². The van der Waals surface area contributed by atoms with Crippen LogP contribution in [0.5, 0.6) is 5.75 Å². The van der Waals surface area contributed by atoms with Crippen molar-refractivity contribution in [3.63, 3.8) is 0 Å². The van der Waals surface area contributed by atoms with Gasteiger partial charge in [0.25, 0.3) is 0 Å². The second-order valence-electron chi connectivity index (χ2n) is 3.60. The van der Waals surface area contributed by atoms with Crippen molar-refractivity contribution in [3.8, 4) is 5.75 Å². The summed E-state index contributed by atoms with van der Waals surface area (Å²) >= 11 is 5.64. The average molecular weight is 215 g/mol. The molecule has 1 aliphatic rings. The van der Waals surface area contributed by atoms with Gasteiger partial charge in [-0.1, -0.05) is 11.6 Å². The lowest BCUT2D eigenvalue weighted by Gasteiger charge is -2.13. The average Bonchev–Trinajstić information content (AvgIpc) is 2.62. The van der Waals surface area contributed by atoms with E-state index in [1.807, 2.05) is 0 Å². The Morgan fingerprint density at radius 2 is 2.00 bits per heavy atom. The van der Waals surface area contributed by atoms with E-state index in [1.54, 1.807) is 12.1 Å². The molecule has 0 aromatic heterocycles. The molecule has 1 nitrogen and oxygen atoms in total. The van der Waals surface area contributed by atoms with Gasteiger partial charge in [-0.15, -0.1) is 0 Å². The predicted molar refractivity (Wildman–Crippen MR) is 54.3 cm³/mol. The highest BCUT2D eigenvalue weighted by atomic mass is 35.5. The molecule has 1 aromatic rings. The minimum Gasteiger partial charge on any atom is -0.487 e. The van der Waals surface area contributed by atoms with Gasteiger partial charge in [-0.2, -0.15) is 0 Å². The normalized spacial score (nSPS) is 17.3. The fraction of sp³-hybridized carbons (Fsp3) is 0.455. The zero-order valence-corrected chi connectivity index (χ0v) is 8.56. The number of rotatable bonds is 2. The fourth-order valence-corrected chi connectivity index (χ4v) is 1.92. The Morgan fingerprint density at radius 1 is 1.29 bits per heavy atom. The summed E-state index contributed by atoms with van der Waals surface area (Å²) in [5, 5.41) is 0.404. The van der Waals surface area contributed by atoms with Crippen LogP contribution in [-0.4, -0.2) is 6.10 Å². The maximum atomic E-state index is 13.3. The van der Waals surface area contributed by atoms with Crippen molar-refractivity contribution in [1.82, 2.24) is 0 Å². The van der Waals surface area contributed by atoms with Crippen LogP contribution < -0.4 is 4.74 Å². The van der Waals surface area contributed by atoms with Crippen LogP contribution in [0.2, 0.25) is 5.02 Å². The van der Waals surface area contributed by atoms with Crippen molar-refractivity contribution in [2.75, 3.05) is 0 Å². The van der Waals surface area contributed by atoms with E-state index < -0.39 is 0 Å². The first-order chi connectivity index (χ1) is 6.75. The van der Waals surface area contributed by atoms with Gasteiger partial charge in [0.05, 0.1) is 6.10 Å². The number of hydrogen-bond donors (Lipinski definition) is 0. The third-order valence-corrected chi connectivity index (χ3v) is 2.72. The van der Waals surface area contributed by atoms with Gasteiger partial charge in [-0.25, -0.2) is 4.39 Å². The summed E-state index contributed by atoms with van der Waals surface area (Å²) in [7, 11) is 0. The van der Waals surface area contributed by atoms with E-state index in [1.165, 1.54) is 18.9 Å². The van der Waals surface area contributed by atoms with Gasteiger partial charge in [0, 0.05) is 5.02 Å². The van der Waals surface area contributed by atoms with E-state index in [0.29, 0.717) is 10.8 Å². The van der Waals surface area contributed by atoms with Crippen molar-refractivity contribution in [1.29, 1.82) is 0 Å². The van der Waals surface area contributed by atoms with Crippen LogP contribution in [0, 0.1) is 5.82 Å². The molecule has 0 bridgehead atoms. The molecule has 0 heterocycles. The highest BCUT2D eigenvalue weighted by Crippen LogP contribution is 2.27. The molecule has 0 radical (unpaired) electrons. The Kier molecular flexibility index (Phi) is 2.92. The van der Waals surface area contributed by atoms with Crippen LogP contribution >= 0.6 is 11.6 Å². The van der Waals surface area contributed by atoms with Gasteiger partial charge >= 0.3 is 0 Å². The molecule has 0 spiro atoms. The number of halogens is 2. The monoisotopic (exact) mass is 214 g/mol. The molecule has 14 heavy (non-hydrogen) atoms. The standard InChI is InChI=1S/C11H12ClFO/c12-8-5-6-11(10(13)7-8)14-9-3-1-2-4-9/h5-7,9H,1-4H2. The highest BCUT2D eigenvalue weighted by molar-refractivity contribution is 6.30. The van der Waals surface area contributed by atoms with E-state index in [9.17, 15) is 4.39 Å². The SMILES string of the molecule is Fc1cc(Cl)ccc1OC1CCCC1. The molecule has 1 aliphatic carbocycles. The predicted octanol–water partition coefficient (Wildman–Crippen LogP) is 3.80. The summed E-state index contributed by atoms with van der Waals surface area (Å²) in [5.41, 5.74) is 0. The largest absolute Gasteiger partial charge is 0.487 e. The molecule has 1 fully saturated rings. The van der Waals surface area contributed by atoms with Crippen LogP contribution in [0.4, 0.5) is 4.39 Å². The maximum Gasteiger partial charge on any atom is 0.166 e. The summed E-state index contributed by atoms with van der Waals surface area (Å²) in [6.07, 6.45) is 4.61. The summed E-state index contributed by atoms with van der Waals surface area (Å²) < 4.78 is 18.8. The first kappa shape index (κ1) is 9.78. The van der Waals surface area contributed by atoms with Gasteiger partial charge in [0.2, 0.25) is 0 Å². The number of benzene rings is 1. The molecule has 1 aromatic carbocycles. The first-order valence-corrected chi connectivity index (χ1v) is 5.25. The summed E-state index contributed by atoms with van der Waals surface area (Å²) in [6.45, 7) is 0. The Bertz CT molecular complexity index is 321. The van der Waals surface area contributed by atoms with Gasteiger partial charge in [0.15, 0.2) is 11.6 Å². The molecule has 0 saturated heterocycles. The molecule has 2 rings (SSSR count). The van der Waals surface area contributed by atoms with Crippen molar-refractivity contribution in [2.45, 2.75) is 31.8 Å². The molecule has 0 amide bonds. The van der Waals surface area contributed by atoms with Gasteiger partial charge in [0.1, 0.15) is 0 Å². The summed E-state index contributed by atoms with van der Waals surface area (Å²) in [5.74, 6) is -0.0503. The lowest BCUT2D eigenvalue weighted by Crippen LogP contribution is -2.11. The number of hydrogen-bond acceptors (Lipinski definition) is 1. The van der Waals surface area contributed by atoms with Gasteiger partial charge in [-0.05, 0) is 43.9 Å². The van der Waals surface area contributed by atoms with Crippen LogP contribution in [0.25, 0.3) is 0 Å². The third-order valence-electron chi connectivity index (χ3n) is 2.49. The molecule has 0 unspecified atom stereocenters. The lowest BCUT2D eigenvalue weighted by atomic mass is 10.3. The molecule has 0 atom stereocenters. The Labute approximate surface area is 87.8 Å². The summed E-state index contributed by atoms with van der Waals surface area (Å²) in [6, 6.07) is 4.52. The van der Waals surface area contributed by atoms with Crippen molar-refractivity contribution >= 4 is 11.6 Å². The smallest absolute Gasteiger partial charge is 0.166 e. The summed E-state index contributed by atoms with van der Waals surface area (Å²) in [4.78, 5) is 0. The minimum absolute atomic E-state index is 0.186. The number of ether oxygens (including phenoxy) is 1. The maximum absolute atomic E-state index is 13.3. The quantitative estimate of drug-likeness (QED) is 0.728. The molecule has 0 aliphatic heterocycles. The van der Waals surface area contributed by atoms with Crippen LogP contribution in [0.3, 0.4) is 0 Å². The van der Waals surface area contributed by atoms with Crippen molar-refractivity contribution in [2.24, 2.45) is 0 Å². The second-order valence-corrected chi connectivity index (χ2v) is 4.04. The molecule has 76 valence electrons. The molecule has 0 N–H and O–H groups in total. The second kappa shape index (κ2) is 4.18. The molecular weight excluding hydrogens is 203 g/mol. The van der Waals surface area contributed by atoms with E-state index in [-0.39, 0.29) is 11.9 Å². The Morgan fingerprint density at radius 3 is 2.64 bits per heavy atom. The van der Waals surface area contributed by atoms with Crippen molar-refractivity contribution < 1.29 is 9.13 Å². The van der Waals surface area contributed by atoms with Gasteiger partial charge in [-0.3, -0.25) is 0 Å². The third kappa shape index (κ3) is 2.18. The minimum atomic E-state index is -0.371. The Balaban J connectivity index is 2.08. The van der Waals surface area contributed by atoms with Crippen LogP contribution in [0.15, 0.2) is 18.2 Å². The molecule has 1 saturated carbocycles. The zero-order valence-electron chi connectivity index (χ0n) is 7.80. The van der Waals surface area contributed by atoms with E-state index in [2.05, 4.69) is 0 Å². The van der Waals surface area contributed by atoms with E-state index in [0.717, 1.165) is 12.8 Å². The van der Waals surface area contributed by atoms with Crippen LogP contribution in [0.1, 0.15) is 25.7 Å². The zero-order chi connectivity index (χ0) is 9.97. The fourth-order valence-electron chi connectivity index (χ4n) is 1.76. The Hall–Kier alpha value is -0.760.